The maximum Gasteiger partial charge on any atom is 0.265 e. The van der Waals surface area contributed by atoms with Crippen LogP contribution in [0.4, 0.5) is 5.69 Å². The van der Waals surface area contributed by atoms with E-state index in [-0.39, 0.29) is 29.2 Å². The van der Waals surface area contributed by atoms with Crippen LogP contribution < -0.4 is 4.31 Å². The van der Waals surface area contributed by atoms with Crippen LogP contribution in [0.5, 0.6) is 0 Å². The summed E-state index contributed by atoms with van der Waals surface area (Å²) in [6.07, 6.45) is 4.62. The number of hydrogen-bond donors (Lipinski definition) is 0. The van der Waals surface area contributed by atoms with Crippen molar-refractivity contribution in [2.24, 2.45) is 5.92 Å². The number of likely N-dealkylation sites (tertiary alicyclic amines) is 2. The first-order valence-electron chi connectivity index (χ1n) is 11.1. The topological polar surface area (TPSA) is 78.0 Å². The van der Waals surface area contributed by atoms with Crippen LogP contribution in [0, 0.1) is 5.92 Å². The van der Waals surface area contributed by atoms with Gasteiger partial charge in [0, 0.05) is 37.5 Å². The molecule has 0 aliphatic carbocycles. The van der Waals surface area contributed by atoms with Crippen LogP contribution in [0.3, 0.4) is 0 Å². The molecule has 31 heavy (non-hydrogen) atoms. The molecule has 0 unspecified atom stereocenters. The smallest absolute Gasteiger partial charge is 0.265 e. The Balaban J connectivity index is 1.27. The average molecular weight is 442 g/mol. The van der Waals surface area contributed by atoms with Crippen LogP contribution in [0.1, 0.15) is 32.1 Å². The van der Waals surface area contributed by atoms with E-state index in [2.05, 4.69) is 0 Å². The third-order valence-corrected chi connectivity index (χ3v) is 8.63. The van der Waals surface area contributed by atoms with Gasteiger partial charge in [-0.1, -0.05) is 24.3 Å². The number of anilines is 1. The molecule has 0 saturated carbocycles. The zero-order valence-electron chi connectivity index (χ0n) is 17.5. The van der Waals surface area contributed by atoms with Crippen LogP contribution in [-0.4, -0.2) is 62.8 Å². The van der Waals surface area contributed by atoms with E-state index in [4.69, 9.17) is 0 Å². The molecule has 2 saturated heterocycles. The van der Waals surface area contributed by atoms with E-state index in [0.29, 0.717) is 37.0 Å². The molecule has 8 heteroatoms. The summed E-state index contributed by atoms with van der Waals surface area (Å²) < 4.78 is 27.4. The summed E-state index contributed by atoms with van der Waals surface area (Å²) in [6.45, 7) is 2.47. The molecule has 0 spiro atoms. The van der Waals surface area contributed by atoms with E-state index >= 15 is 0 Å². The first-order valence-corrected chi connectivity index (χ1v) is 12.5. The molecule has 3 aliphatic heterocycles. The molecule has 7 nitrogen and oxygen atoms in total. The minimum Gasteiger partial charge on any atom is -0.342 e. The van der Waals surface area contributed by atoms with E-state index in [1.54, 1.807) is 23.1 Å². The fraction of sp³-hybridized carbons (Fsp3) is 0.478. The Morgan fingerprint density at radius 2 is 1.55 bits per heavy atom. The normalized spacial score (nSPS) is 21.0. The van der Waals surface area contributed by atoms with Gasteiger partial charge in [-0.25, -0.2) is 8.42 Å². The van der Waals surface area contributed by atoms with Gasteiger partial charge in [0.05, 0.1) is 10.6 Å². The van der Waals surface area contributed by atoms with E-state index in [0.717, 1.165) is 31.3 Å². The maximum atomic E-state index is 13.1. The number of amides is 2. The summed E-state index contributed by atoms with van der Waals surface area (Å²) in [6, 6.07) is 10.7. The summed E-state index contributed by atoms with van der Waals surface area (Å²) in [5.74, 6) is -0.0241. The number of rotatable bonds is 3. The highest BCUT2D eigenvalue weighted by Crippen LogP contribution is 2.41. The highest BCUT2D eigenvalue weighted by Gasteiger charge is 2.38. The van der Waals surface area contributed by atoms with Gasteiger partial charge in [0.25, 0.3) is 10.0 Å². The lowest BCUT2D eigenvalue weighted by molar-refractivity contribution is -0.140. The first-order chi connectivity index (χ1) is 15.0. The Hall–Kier alpha value is -2.61. The number of benzene rings is 2. The molecule has 2 aromatic carbocycles. The van der Waals surface area contributed by atoms with Gasteiger partial charge >= 0.3 is 0 Å². The predicted molar refractivity (Wildman–Crippen MR) is 118 cm³/mol. The van der Waals surface area contributed by atoms with Gasteiger partial charge in [-0.3, -0.25) is 13.9 Å². The van der Waals surface area contributed by atoms with Crippen molar-refractivity contribution < 1.29 is 18.0 Å². The summed E-state index contributed by atoms with van der Waals surface area (Å²) in [5, 5.41) is 1.54. The Morgan fingerprint density at radius 3 is 2.26 bits per heavy atom. The van der Waals surface area contributed by atoms with Crippen molar-refractivity contribution in [3.05, 3.63) is 36.4 Å². The summed E-state index contributed by atoms with van der Waals surface area (Å²) in [7, 11) is -3.75. The van der Waals surface area contributed by atoms with E-state index in [9.17, 15) is 18.0 Å². The molecule has 2 fully saturated rings. The van der Waals surface area contributed by atoms with Gasteiger partial charge < -0.3 is 9.80 Å². The van der Waals surface area contributed by atoms with Crippen LogP contribution >= 0.6 is 0 Å². The maximum absolute atomic E-state index is 13.1. The lowest BCUT2D eigenvalue weighted by Gasteiger charge is -2.36. The second-order valence-corrected chi connectivity index (χ2v) is 10.5. The first kappa shape index (κ1) is 20.3. The van der Waals surface area contributed by atoms with Gasteiger partial charge in [0.2, 0.25) is 11.8 Å². The fourth-order valence-corrected chi connectivity index (χ4v) is 6.76. The van der Waals surface area contributed by atoms with Crippen molar-refractivity contribution in [3.8, 4) is 0 Å². The Bertz CT molecular complexity index is 1130. The van der Waals surface area contributed by atoms with E-state index in [1.807, 2.05) is 23.1 Å². The second kappa shape index (κ2) is 7.82. The average Bonchev–Trinajstić information content (AvgIpc) is 3.02. The van der Waals surface area contributed by atoms with Crippen LogP contribution in [-0.2, 0) is 19.6 Å². The van der Waals surface area contributed by atoms with Crippen molar-refractivity contribution in [1.82, 2.24) is 9.80 Å². The van der Waals surface area contributed by atoms with Gasteiger partial charge in [-0.05, 0) is 49.6 Å². The third-order valence-electron chi connectivity index (χ3n) is 6.82. The molecule has 2 amide bonds. The molecule has 5 rings (SSSR count). The molecule has 2 aromatic rings. The quantitative estimate of drug-likeness (QED) is 0.734. The van der Waals surface area contributed by atoms with Gasteiger partial charge in [0.1, 0.15) is 6.54 Å². The fourth-order valence-electron chi connectivity index (χ4n) is 5.10. The van der Waals surface area contributed by atoms with Crippen molar-refractivity contribution in [1.29, 1.82) is 0 Å². The van der Waals surface area contributed by atoms with E-state index < -0.39 is 10.0 Å². The van der Waals surface area contributed by atoms with Crippen molar-refractivity contribution in [2.45, 2.75) is 37.0 Å². The van der Waals surface area contributed by atoms with E-state index in [1.165, 1.54) is 10.7 Å². The molecule has 3 heterocycles. The summed E-state index contributed by atoms with van der Waals surface area (Å²) in [4.78, 5) is 29.7. The number of carbonyl (C=O) groups is 2. The molecule has 0 aromatic heterocycles. The van der Waals surface area contributed by atoms with Crippen molar-refractivity contribution in [3.63, 3.8) is 0 Å². The summed E-state index contributed by atoms with van der Waals surface area (Å²) in [5.41, 5.74) is 0.566. The Labute approximate surface area is 182 Å². The number of hydrogen-bond acceptors (Lipinski definition) is 4. The van der Waals surface area contributed by atoms with Crippen LogP contribution in [0.2, 0.25) is 0 Å². The highest BCUT2D eigenvalue weighted by atomic mass is 32.2. The molecular weight excluding hydrogens is 414 g/mol. The van der Waals surface area contributed by atoms with Gasteiger partial charge in [-0.15, -0.1) is 0 Å². The van der Waals surface area contributed by atoms with Crippen LogP contribution in [0.15, 0.2) is 41.3 Å². The molecule has 0 bridgehead atoms. The largest absolute Gasteiger partial charge is 0.342 e. The number of piperidine rings is 2. The van der Waals surface area contributed by atoms with Gasteiger partial charge in [-0.2, -0.15) is 0 Å². The SMILES string of the molecule is O=C(CN1c2cccc3cccc(c23)S1(=O)=O)N1CCC(C(=O)N2CCCCC2)CC1. The van der Waals surface area contributed by atoms with Crippen molar-refractivity contribution in [2.75, 3.05) is 37.0 Å². The predicted octanol–water partition coefficient (Wildman–Crippen LogP) is 2.60. The minimum atomic E-state index is -3.75. The number of nitrogens with zero attached hydrogens (tertiary/aromatic N) is 3. The van der Waals surface area contributed by atoms with Crippen molar-refractivity contribution >= 4 is 38.3 Å². The minimum absolute atomic E-state index is 0.0318. The molecule has 164 valence electrons. The molecule has 0 N–H and O–H groups in total. The Kier molecular flexibility index (Phi) is 5.12. The molecule has 3 aliphatic rings. The zero-order valence-corrected chi connectivity index (χ0v) is 18.3. The van der Waals surface area contributed by atoms with Gasteiger partial charge in [0.15, 0.2) is 0 Å². The Morgan fingerprint density at radius 1 is 0.871 bits per heavy atom. The molecule has 0 radical (unpaired) electrons. The monoisotopic (exact) mass is 441 g/mol. The van der Waals surface area contributed by atoms with Crippen LogP contribution in [0.25, 0.3) is 10.8 Å². The lowest BCUT2D eigenvalue weighted by Crippen LogP contribution is -2.48. The second-order valence-electron chi connectivity index (χ2n) is 8.68. The standard InChI is InChI=1S/C23H27N3O4S/c27-21(24-14-10-18(11-15-24)23(28)25-12-2-1-3-13-25)16-26-19-8-4-6-17-7-5-9-20(22(17)19)31(26,29)30/h4-9,18H,1-3,10-16H2. The number of carbonyl (C=O) groups excluding carboxylic acids is 2. The summed E-state index contributed by atoms with van der Waals surface area (Å²) >= 11 is 0. The number of sulfonamides is 1. The molecule has 0 atom stereocenters. The molecular formula is C23H27N3O4S. The third kappa shape index (κ3) is 3.46. The lowest BCUT2D eigenvalue weighted by atomic mass is 9.94. The zero-order chi connectivity index (χ0) is 21.6. The highest BCUT2D eigenvalue weighted by molar-refractivity contribution is 7.93.